The highest BCUT2D eigenvalue weighted by atomic mass is 32.2. The zero-order valence-electron chi connectivity index (χ0n) is 20.0. The van der Waals surface area contributed by atoms with Crippen molar-refractivity contribution in [3.8, 4) is 0 Å². The van der Waals surface area contributed by atoms with Gasteiger partial charge in [-0.1, -0.05) is 25.6 Å². The molecule has 0 fully saturated rings. The molecular weight excluding hydrogens is 472 g/mol. The van der Waals surface area contributed by atoms with Crippen molar-refractivity contribution in [2.45, 2.75) is 52.1 Å². The summed E-state index contributed by atoms with van der Waals surface area (Å²) in [5, 5.41) is 15.1. The number of aliphatic hydroxyl groups is 1. The van der Waals surface area contributed by atoms with Gasteiger partial charge in [0, 0.05) is 37.1 Å². The molecule has 13 heteroatoms. The van der Waals surface area contributed by atoms with Crippen LogP contribution in [-0.4, -0.2) is 85.7 Å². The Kier molecular flexibility index (Phi) is 15.5. The quantitative estimate of drug-likeness (QED) is 0.185. The fraction of sp³-hybridized carbons (Fsp3) is 0.714. The number of amides is 2. The average molecular weight is 507 g/mol. The summed E-state index contributed by atoms with van der Waals surface area (Å²) in [6.07, 6.45) is -1.68. The number of nitrogens with one attached hydrogen (secondary N) is 2. The molecule has 0 aromatic heterocycles. The molecule has 0 aliphatic rings. The van der Waals surface area contributed by atoms with Gasteiger partial charge in [0.25, 0.3) is 0 Å². The molecule has 3 N–H and O–H groups in total. The van der Waals surface area contributed by atoms with Crippen LogP contribution in [0.2, 0.25) is 0 Å². The van der Waals surface area contributed by atoms with E-state index in [1.807, 2.05) is 0 Å². The Morgan fingerprint density at radius 1 is 0.824 bits per heavy atom. The van der Waals surface area contributed by atoms with Gasteiger partial charge in [0.15, 0.2) is 5.12 Å². The van der Waals surface area contributed by atoms with Gasteiger partial charge in [-0.15, -0.1) is 0 Å². The minimum atomic E-state index is -1.51. The van der Waals surface area contributed by atoms with Gasteiger partial charge in [-0.05, 0) is 0 Å². The summed E-state index contributed by atoms with van der Waals surface area (Å²) in [6.45, 7) is 2.87. The molecule has 2 amide bonds. The van der Waals surface area contributed by atoms with Gasteiger partial charge >= 0.3 is 17.9 Å². The number of methoxy groups -OCH3 is 2. The van der Waals surface area contributed by atoms with Crippen LogP contribution in [0.4, 0.5) is 0 Å². The summed E-state index contributed by atoms with van der Waals surface area (Å²) in [6, 6.07) is 0. The highest BCUT2D eigenvalue weighted by Crippen LogP contribution is 2.21. The number of thioether (sulfide) groups is 1. The van der Waals surface area contributed by atoms with Crippen molar-refractivity contribution >= 4 is 46.6 Å². The first kappa shape index (κ1) is 31.3. The van der Waals surface area contributed by atoms with Gasteiger partial charge in [-0.25, -0.2) is 0 Å². The molecule has 34 heavy (non-hydrogen) atoms. The van der Waals surface area contributed by atoms with Crippen molar-refractivity contribution in [3.05, 3.63) is 0 Å². The minimum Gasteiger partial charge on any atom is -0.469 e. The van der Waals surface area contributed by atoms with Gasteiger partial charge in [-0.2, -0.15) is 0 Å². The topological polar surface area (TPSA) is 174 Å². The second kappa shape index (κ2) is 16.9. The van der Waals surface area contributed by atoms with Crippen LogP contribution >= 0.6 is 11.8 Å². The van der Waals surface area contributed by atoms with Crippen LogP contribution < -0.4 is 10.6 Å². The predicted molar refractivity (Wildman–Crippen MR) is 121 cm³/mol. The second-order valence-electron chi connectivity index (χ2n) is 7.82. The standard InChI is InChI=1S/C21H34N2O10S/c1-21(2,13-33-17(27)6-5-15(25)31-3)19(29)20(30)23-10-7-14(24)22-11-8-18(28)34-12-9-16(26)32-4/h19,29H,5-13H2,1-4H3,(H,22,24)(H,23,30)/t19-/m0/s1. The van der Waals surface area contributed by atoms with E-state index in [9.17, 15) is 33.9 Å². The number of esters is 3. The summed E-state index contributed by atoms with van der Waals surface area (Å²) in [7, 11) is 2.47. The number of aliphatic hydroxyl groups excluding tert-OH is 1. The maximum absolute atomic E-state index is 12.2. The fourth-order valence-electron chi connectivity index (χ4n) is 2.29. The molecule has 0 saturated carbocycles. The molecule has 0 aliphatic heterocycles. The van der Waals surface area contributed by atoms with E-state index in [0.717, 1.165) is 11.8 Å². The lowest BCUT2D eigenvalue weighted by molar-refractivity contribution is -0.155. The van der Waals surface area contributed by atoms with Crippen molar-refractivity contribution in [2.75, 3.05) is 39.7 Å². The van der Waals surface area contributed by atoms with Gasteiger partial charge in [-0.3, -0.25) is 28.8 Å². The number of rotatable bonds is 16. The van der Waals surface area contributed by atoms with Gasteiger partial charge in [0.05, 0.1) is 40.1 Å². The van der Waals surface area contributed by atoms with E-state index in [0.29, 0.717) is 5.75 Å². The van der Waals surface area contributed by atoms with Crippen molar-refractivity contribution in [1.29, 1.82) is 0 Å². The van der Waals surface area contributed by atoms with Crippen molar-refractivity contribution in [3.63, 3.8) is 0 Å². The predicted octanol–water partition coefficient (Wildman–Crippen LogP) is -0.295. The Labute approximate surface area is 202 Å². The SMILES string of the molecule is COC(=O)CCSC(=O)CCNC(=O)CCNC(=O)[C@H](O)C(C)(C)COC(=O)CCC(=O)OC. The molecule has 0 heterocycles. The fourth-order valence-corrected chi connectivity index (χ4v) is 3.03. The van der Waals surface area contributed by atoms with Gasteiger partial charge < -0.3 is 30.0 Å². The van der Waals surface area contributed by atoms with Crippen LogP contribution in [0, 0.1) is 5.41 Å². The number of ether oxygens (including phenoxy) is 3. The number of hydrogen-bond donors (Lipinski definition) is 3. The van der Waals surface area contributed by atoms with Gasteiger partial charge in [0.1, 0.15) is 6.10 Å². The molecule has 0 radical (unpaired) electrons. The molecule has 1 atom stereocenters. The molecule has 12 nitrogen and oxygen atoms in total. The molecule has 0 spiro atoms. The lowest BCUT2D eigenvalue weighted by Gasteiger charge is -2.29. The monoisotopic (exact) mass is 506 g/mol. The van der Waals surface area contributed by atoms with E-state index in [-0.39, 0.29) is 62.8 Å². The number of carbonyl (C=O) groups excluding carboxylic acids is 6. The van der Waals surface area contributed by atoms with Crippen LogP contribution in [0.1, 0.15) is 46.0 Å². The normalized spacial score (nSPS) is 11.7. The molecule has 0 bridgehead atoms. The van der Waals surface area contributed by atoms with Crippen LogP contribution in [0.15, 0.2) is 0 Å². The summed E-state index contributed by atoms with van der Waals surface area (Å²) >= 11 is 0.982. The van der Waals surface area contributed by atoms with E-state index >= 15 is 0 Å². The highest BCUT2D eigenvalue weighted by molar-refractivity contribution is 8.13. The maximum Gasteiger partial charge on any atom is 0.306 e. The molecule has 0 aromatic rings. The van der Waals surface area contributed by atoms with Crippen LogP contribution in [-0.2, 0) is 43.0 Å². The summed E-state index contributed by atoms with van der Waals surface area (Å²) in [5.41, 5.74) is -1.11. The third-order valence-corrected chi connectivity index (χ3v) is 5.39. The van der Waals surface area contributed by atoms with E-state index in [2.05, 4.69) is 20.1 Å². The summed E-state index contributed by atoms with van der Waals surface area (Å²) < 4.78 is 13.9. The first-order valence-electron chi connectivity index (χ1n) is 10.6. The minimum absolute atomic E-state index is 0.0431. The van der Waals surface area contributed by atoms with E-state index in [1.54, 1.807) is 0 Å². The first-order chi connectivity index (χ1) is 15.9. The smallest absolute Gasteiger partial charge is 0.306 e. The molecule has 0 aromatic carbocycles. The zero-order chi connectivity index (χ0) is 26.1. The second-order valence-corrected chi connectivity index (χ2v) is 8.97. The van der Waals surface area contributed by atoms with Crippen LogP contribution in [0.3, 0.4) is 0 Å². The van der Waals surface area contributed by atoms with Crippen molar-refractivity contribution in [1.82, 2.24) is 10.6 Å². The Bertz CT molecular complexity index is 726. The number of carbonyl (C=O) groups is 6. The Hall–Kier alpha value is -2.67. The van der Waals surface area contributed by atoms with Crippen LogP contribution in [0.25, 0.3) is 0 Å². The molecule has 0 aliphatic carbocycles. The number of hydrogen-bond acceptors (Lipinski definition) is 11. The lowest BCUT2D eigenvalue weighted by Crippen LogP contribution is -2.47. The summed E-state index contributed by atoms with van der Waals surface area (Å²) in [4.78, 5) is 69.3. The molecular formula is C21H34N2O10S. The zero-order valence-corrected chi connectivity index (χ0v) is 20.8. The molecule has 194 valence electrons. The molecule has 0 unspecified atom stereocenters. The maximum atomic E-state index is 12.2. The first-order valence-corrected chi connectivity index (χ1v) is 11.6. The average Bonchev–Trinajstić information content (AvgIpc) is 2.80. The van der Waals surface area contributed by atoms with E-state index < -0.39 is 35.3 Å². The van der Waals surface area contributed by atoms with Crippen LogP contribution in [0.5, 0.6) is 0 Å². The van der Waals surface area contributed by atoms with Gasteiger partial charge in [0.2, 0.25) is 11.8 Å². The van der Waals surface area contributed by atoms with E-state index in [4.69, 9.17) is 4.74 Å². The third-order valence-electron chi connectivity index (χ3n) is 4.45. The molecule has 0 rings (SSSR count). The van der Waals surface area contributed by atoms with Crippen molar-refractivity contribution < 1.29 is 48.1 Å². The Morgan fingerprint density at radius 2 is 1.38 bits per heavy atom. The lowest BCUT2D eigenvalue weighted by atomic mass is 9.87. The molecule has 0 saturated heterocycles. The summed E-state index contributed by atoms with van der Waals surface area (Å²) in [5.74, 6) is -2.44. The van der Waals surface area contributed by atoms with Crippen molar-refractivity contribution in [2.24, 2.45) is 5.41 Å². The largest absolute Gasteiger partial charge is 0.469 e. The third kappa shape index (κ3) is 14.5. The highest BCUT2D eigenvalue weighted by Gasteiger charge is 2.35. The Morgan fingerprint density at radius 3 is 2.00 bits per heavy atom. The Balaban J connectivity index is 4.13. The van der Waals surface area contributed by atoms with E-state index in [1.165, 1.54) is 28.1 Å².